The van der Waals surface area contributed by atoms with Gasteiger partial charge in [-0.3, -0.25) is 9.59 Å². The van der Waals surface area contributed by atoms with Crippen LogP contribution in [0, 0.1) is 0 Å². The van der Waals surface area contributed by atoms with E-state index < -0.39 is 6.36 Å². The fraction of sp³-hybridized carbons (Fsp3) is 0.259. The number of ether oxygens (including phenoxy) is 1. The van der Waals surface area contributed by atoms with Gasteiger partial charge in [-0.05, 0) is 78.6 Å². The number of anilines is 3. The highest BCUT2D eigenvalue weighted by molar-refractivity contribution is 5.94. The Balaban J connectivity index is 1.68. The van der Waals surface area contributed by atoms with Gasteiger partial charge in [-0.2, -0.15) is 0 Å². The lowest BCUT2D eigenvalue weighted by atomic mass is 9.89. The summed E-state index contributed by atoms with van der Waals surface area (Å²) >= 11 is 0. The summed E-state index contributed by atoms with van der Waals surface area (Å²) in [7, 11) is 0. The van der Waals surface area contributed by atoms with E-state index in [1.165, 1.54) is 38.1 Å². The third-order valence-electron chi connectivity index (χ3n) is 5.96. The van der Waals surface area contributed by atoms with E-state index in [1.54, 1.807) is 11.0 Å². The Morgan fingerprint density at radius 3 is 2.28 bits per heavy atom. The number of carbonyl (C=O) groups excluding carboxylic acids is 2. The fourth-order valence-electron chi connectivity index (χ4n) is 4.59. The molecule has 2 atom stereocenters. The Morgan fingerprint density at radius 2 is 1.64 bits per heavy atom. The average Bonchev–Trinajstić information content (AvgIpc) is 2.78. The lowest BCUT2D eigenvalue weighted by Crippen LogP contribution is -2.43. The van der Waals surface area contributed by atoms with E-state index in [9.17, 15) is 22.8 Å². The van der Waals surface area contributed by atoms with E-state index in [-0.39, 0.29) is 29.6 Å². The van der Waals surface area contributed by atoms with Crippen molar-refractivity contribution in [1.82, 2.24) is 0 Å². The van der Waals surface area contributed by atoms with E-state index in [4.69, 9.17) is 0 Å². The molecule has 3 aromatic rings. The number of benzene rings is 3. The van der Waals surface area contributed by atoms with Crippen LogP contribution in [0.15, 0.2) is 66.7 Å². The molecule has 0 bridgehead atoms. The molecule has 0 radical (unpaired) electrons. The summed E-state index contributed by atoms with van der Waals surface area (Å²) in [6.45, 7) is 4.93. The zero-order valence-electron chi connectivity index (χ0n) is 20.0. The number of halogens is 3. The molecule has 0 aliphatic carbocycles. The van der Waals surface area contributed by atoms with Crippen LogP contribution in [-0.2, 0) is 9.59 Å². The van der Waals surface area contributed by atoms with Gasteiger partial charge >= 0.3 is 6.36 Å². The normalized spacial score (nSPS) is 17.2. The van der Waals surface area contributed by atoms with E-state index in [1.807, 2.05) is 43.3 Å². The maximum absolute atomic E-state index is 12.5. The molecule has 6 nitrogen and oxygen atoms in total. The van der Waals surface area contributed by atoms with Gasteiger partial charge in [-0.15, -0.1) is 13.2 Å². The van der Waals surface area contributed by atoms with Crippen molar-refractivity contribution in [2.24, 2.45) is 0 Å². The quantitative estimate of drug-likeness (QED) is 0.422. The van der Waals surface area contributed by atoms with Crippen molar-refractivity contribution in [3.05, 3.63) is 72.3 Å². The highest BCUT2D eigenvalue weighted by atomic mass is 19.4. The van der Waals surface area contributed by atoms with Crippen LogP contribution in [0.4, 0.5) is 30.2 Å². The van der Waals surface area contributed by atoms with Crippen LogP contribution >= 0.6 is 0 Å². The number of hydrogen-bond donors (Lipinski definition) is 2. The minimum Gasteiger partial charge on any atom is -0.406 e. The zero-order valence-corrected chi connectivity index (χ0v) is 20.0. The number of hydrogen-bond acceptors (Lipinski definition) is 4. The van der Waals surface area contributed by atoms with Crippen LogP contribution in [0.5, 0.6) is 5.75 Å². The lowest BCUT2D eigenvalue weighted by molar-refractivity contribution is -0.274. The van der Waals surface area contributed by atoms with Crippen molar-refractivity contribution < 1.29 is 27.5 Å². The molecule has 1 heterocycles. The third-order valence-corrected chi connectivity index (χ3v) is 5.96. The Labute approximate surface area is 207 Å². The van der Waals surface area contributed by atoms with Gasteiger partial charge in [0.2, 0.25) is 11.8 Å². The summed E-state index contributed by atoms with van der Waals surface area (Å²) < 4.78 is 41.5. The molecule has 0 spiro atoms. The summed E-state index contributed by atoms with van der Waals surface area (Å²) in [5, 5.41) is 6.18. The molecule has 188 valence electrons. The third kappa shape index (κ3) is 5.79. The molecule has 9 heteroatoms. The SMILES string of the molecule is CC(=O)Nc1cccc(-c2ccc3c(c2)[C@H](Nc2ccc(OC(F)(F)F)cc2)C[C@H](C)N3C(C)=O)c1. The van der Waals surface area contributed by atoms with E-state index in [0.29, 0.717) is 17.8 Å². The largest absolute Gasteiger partial charge is 0.573 e. The molecule has 1 aliphatic heterocycles. The highest BCUT2D eigenvalue weighted by Gasteiger charge is 2.33. The predicted molar refractivity (Wildman–Crippen MR) is 133 cm³/mol. The van der Waals surface area contributed by atoms with E-state index in [0.717, 1.165) is 22.4 Å². The molecular weight excluding hydrogens is 471 g/mol. The van der Waals surface area contributed by atoms with Crippen LogP contribution in [0.1, 0.15) is 38.8 Å². The molecule has 2 N–H and O–H groups in total. The Kier molecular flexibility index (Phi) is 6.92. The standard InChI is InChI=1S/C27H26F3N3O3/c1-16-13-25(32-21-8-10-23(11-9-21)36-27(28,29)30)24-15-20(7-12-26(24)33(16)18(3)35)19-5-4-6-22(14-19)31-17(2)34/h4-12,14-16,25,32H,13H2,1-3H3,(H,31,34)/t16-,25+/m0/s1. The molecule has 36 heavy (non-hydrogen) atoms. The summed E-state index contributed by atoms with van der Waals surface area (Å²) in [5.74, 6) is -0.537. The fourth-order valence-corrected chi connectivity index (χ4v) is 4.59. The summed E-state index contributed by atoms with van der Waals surface area (Å²) in [4.78, 5) is 25.7. The number of nitrogens with one attached hydrogen (secondary N) is 2. The minimum absolute atomic E-state index is 0.0729. The summed E-state index contributed by atoms with van der Waals surface area (Å²) in [6, 6.07) is 18.6. The number of alkyl halides is 3. The minimum atomic E-state index is -4.75. The highest BCUT2D eigenvalue weighted by Crippen LogP contribution is 2.41. The Bertz CT molecular complexity index is 1280. The first kappa shape index (κ1) is 25.1. The number of nitrogens with zero attached hydrogens (tertiary/aromatic N) is 1. The molecule has 1 aliphatic rings. The zero-order chi connectivity index (χ0) is 26.0. The molecule has 2 amide bonds. The first-order valence-corrected chi connectivity index (χ1v) is 11.4. The van der Waals surface area contributed by atoms with Crippen LogP contribution in [0.3, 0.4) is 0 Å². The Hall–Kier alpha value is -4.01. The van der Waals surface area contributed by atoms with Gasteiger partial charge in [-0.25, -0.2) is 0 Å². The number of carbonyl (C=O) groups is 2. The predicted octanol–water partition coefficient (Wildman–Crippen LogP) is 6.51. The van der Waals surface area contributed by atoms with Gasteiger partial charge in [0, 0.05) is 37.0 Å². The molecule has 0 aromatic heterocycles. The maximum atomic E-state index is 12.5. The van der Waals surface area contributed by atoms with Crippen LogP contribution in [0.2, 0.25) is 0 Å². The molecule has 3 aromatic carbocycles. The van der Waals surface area contributed by atoms with Gasteiger partial charge in [0.15, 0.2) is 0 Å². The summed E-state index contributed by atoms with van der Waals surface area (Å²) in [5.41, 5.74) is 4.76. The Morgan fingerprint density at radius 1 is 0.944 bits per heavy atom. The number of fused-ring (bicyclic) bond motifs is 1. The number of amides is 2. The molecule has 0 saturated heterocycles. The molecule has 4 rings (SSSR count). The van der Waals surface area contributed by atoms with E-state index in [2.05, 4.69) is 15.4 Å². The van der Waals surface area contributed by atoms with Crippen molar-refractivity contribution >= 4 is 28.9 Å². The second kappa shape index (κ2) is 9.93. The van der Waals surface area contributed by atoms with Crippen LogP contribution < -0.4 is 20.3 Å². The molecule has 0 unspecified atom stereocenters. The van der Waals surface area contributed by atoms with Gasteiger partial charge in [0.1, 0.15) is 5.75 Å². The van der Waals surface area contributed by atoms with Crippen LogP contribution in [0.25, 0.3) is 11.1 Å². The van der Waals surface area contributed by atoms with Crippen molar-refractivity contribution in [3.8, 4) is 16.9 Å². The molecule has 0 saturated carbocycles. The van der Waals surface area contributed by atoms with Crippen LogP contribution in [-0.4, -0.2) is 24.2 Å². The topological polar surface area (TPSA) is 70.7 Å². The van der Waals surface area contributed by atoms with Gasteiger partial charge in [-0.1, -0.05) is 18.2 Å². The smallest absolute Gasteiger partial charge is 0.406 e. The monoisotopic (exact) mass is 497 g/mol. The maximum Gasteiger partial charge on any atom is 0.573 e. The second-order valence-corrected chi connectivity index (χ2v) is 8.78. The van der Waals surface area contributed by atoms with Crippen molar-refractivity contribution in [1.29, 1.82) is 0 Å². The van der Waals surface area contributed by atoms with Crippen molar-refractivity contribution in [2.75, 3.05) is 15.5 Å². The van der Waals surface area contributed by atoms with Crippen molar-refractivity contribution in [3.63, 3.8) is 0 Å². The van der Waals surface area contributed by atoms with Gasteiger partial charge in [0.05, 0.1) is 6.04 Å². The average molecular weight is 498 g/mol. The lowest BCUT2D eigenvalue weighted by Gasteiger charge is -2.39. The first-order valence-electron chi connectivity index (χ1n) is 11.4. The molecule has 0 fully saturated rings. The van der Waals surface area contributed by atoms with E-state index >= 15 is 0 Å². The van der Waals surface area contributed by atoms with Gasteiger partial charge in [0.25, 0.3) is 0 Å². The number of rotatable bonds is 5. The first-order chi connectivity index (χ1) is 17.0. The van der Waals surface area contributed by atoms with Gasteiger partial charge < -0.3 is 20.3 Å². The van der Waals surface area contributed by atoms with Crippen molar-refractivity contribution in [2.45, 2.75) is 45.6 Å². The molecular formula is C27H26F3N3O3. The second-order valence-electron chi connectivity index (χ2n) is 8.78. The summed E-state index contributed by atoms with van der Waals surface area (Å²) in [6.07, 6.45) is -4.15.